The Morgan fingerprint density at radius 2 is 1.90 bits per heavy atom. The molecule has 0 amide bonds. The Morgan fingerprint density at radius 1 is 1.19 bits per heavy atom. The molecule has 0 aliphatic carbocycles. The Kier molecular flexibility index (Phi) is 4.47. The number of para-hydroxylation sites is 1. The van der Waals surface area contributed by atoms with Gasteiger partial charge in [-0.15, -0.1) is 0 Å². The molecule has 0 spiro atoms. The fourth-order valence-electron chi connectivity index (χ4n) is 1.89. The third-order valence-corrected chi connectivity index (χ3v) is 2.91. The van der Waals surface area contributed by atoms with Crippen LogP contribution < -0.4 is 4.74 Å². The van der Waals surface area contributed by atoms with E-state index in [4.69, 9.17) is 4.74 Å². The van der Waals surface area contributed by atoms with Gasteiger partial charge in [0.2, 0.25) is 0 Å². The fourth-order valence-corrected chi connectivity index (χ4v) is 1.89. The van der Waals surface area contributed by atoms with E-state index in [2.05, 4.69) is 4.98 Å². The molecule has 1 atom stereocenters. The second kappa shape index (κ2) is 6.13. The van der Waals surface area contributed by atoms with Crippen LogP contribution in [0, 0.1) is 0 Å². The van der Waals surface area contributed by atoms with Crippen LogP contribution in [0.4, 0.5) is 13.2 Å². The molecule has 0 fully saturated rings. The molecule has 0 aliphatic heterocycles. The van der Waals surface area contributed by atoms with Crippen molar-refractivity contribution in [2.45, 2.75) is 19.2 Å². The predicted octanol–water partition coefficient (Wildman–Crippen LogP) is 3.58. The summed E-state index contributed by atoms with van der Waals surface area (Å²) < 4.78 is 42.8. The zero-order valence-corrected chi connectivity index (χ0v) is 11.3. The Morgan fingerprint density at radius 3 is 2.48 bits per heavy atom. The number of aromatic nitrogens is 1. The smallest absolute Gasteiger partial charge is 0.417 e. The van der Waals surface area contributed by atoms with Crippen LogP contribution in [0.15, 0.2) is 42.6 Å². The molecule has 1 unspecified atom stereocenters. The Bertz CT molecular complexity index is 597. The first-order valence-corrected chi connectivity index (χ1v) is 6.36. The number of ether oxygens (including phenoxy) is 1. The molecule has 2 rings (SSSR count). The molecule has 0 saturated carbocycles. The van der Waals surface area contributed by atoms with Crippen LogP contribution in [0.1, 0.15) is 29.8 Å². The SMILES string of the molecule is CCOc1ccccc1C(O)c1ccc(C(F)(F)F)cn1. The van der Waals surface area contributed by atoms with Gasteiger partial charge in [-0.05, 0) is 25.1 Å². The summed E-state index contributed by atoms with van der Waals surface area (Å²) in [4.78, 5) is 3.70. The van der Waals surface area contributed by atoms with Gasteiger partial charge in [0.1, 0.15) is 11.9 Å². The van der Waals surface area contributed by atoms with Crippen LogP contribution in [0.25, 0.3) is 0 Å². The maximum Gasteiger partial charge on any atom is 0.417 e. The molecule has 1 aromatic heterocycles. The summed E-state index contributed by atoms with van der Waals surface area (Å²) in [5.41, 5.74) is -0.252. The first kappa shape index (κ1) is 15.3. The summed E-state index contributed by atoms with van der Waals surface area (Å²) in [7, 11) is 0. The lowest BCUT2D eigenvalue weighted by Crippen LogP contribution is -2.09. The number of nitrogens with zero attached hydrogens (tertiary/aromatic N) is 1. The molecule has 0 saturated heterocycles. The highest BCUT2D eigenvalue weighted by atomic mass is 19.4. The molecular formula is C15H14F3NO2. The third kappa shape index (κ3) is 3.52. The highest BCUT2D eigenvalue weighted by molar-refractivity contribution is 5.39. The van der Waals surface area contributed by atoms with Crippen molar-refractivity contribution in [1.29, 1.82) is 0 Å². The quantitative estimate of drug-likeness (QED) is 0.938. The van der Waals surface area contributed by atoms with Gasteiger partial charge in [-0.2, -0.15) is 13.2 Å². The summed E-state index contributed by atoms with van der Waals surface area (Å²) in [5, 5.41) is 10.3. The monoisotopic (exact) mass is 297 g/mol. The number of benzene rings is 1. The van der Waals surface area contributed by atoms with Crippen molar-refractivity contribution in [3.8, 4) is 5.75 Å². The van der Waals surface area contributed by atoms with Gasteiger partial charge in [-0.1, -0.05) is 18.2 Å². The van der Waals surface area contributed by atoms with Crippen molar-refractivity contribution in [3.05, 3.63) is 59.4 Å². The van der Waals surface area contributed by atoms with Crippen molar-refractivity contribution in [1.82, 2.24) is 4.98 Å². The van der Waals surface area contributed by atoms with Crippen LogP contribution in [0.2, 0.25) is 0 Å². The third-order valence-electron chi connectivity index (χ3n) is 2.91. The number of hydrogen-bond donors (Lipinski definition) is 1. The van der Waals surface area contributed by atoms with E-state index in [-0.39, 0.29) is 5.69 Å². The largest absolute Gasteiger partial charge is 0.493 e. The topological polar surface area (TPSA) is 42.4 Å². The Labute approximate surface area is 120 Å². The zero-order chi connectivity index (χ0) is 15.5. The van der Waals surface area contributed by atoms with E-state index in [0.29, 0.717) is 24.1 Å². The average molecular weight is 297 g/mol. The maximum absolute atomic E-state index is 12.5. The molecule has 0 aliphatic rings. The lowest BCUT2D eigenvalue weighted by atomic mass is 10.0. The van der Waals surface area contributed by atoms with E-state index >= 15 is 0 Å². The molecule has 21 heavy (non-hydrogen) atoms. The summed E-state index contributed by atoms with van der Waals surface area (Å²) in [6, 6.07) is 8.86. The summed E-state index contributed by atoms with van der Waals surface area (Å²) >= 11 is 0. The lowest BCUT2D eigenvalue weighted by molar-refractivity contribution is -0.137. The van der Waals surface area contributed by atoms with Crippen LogP contribution in [-0.2, 0) is 6.18 Å². The maximum atomic E-state index is 12.5. The molecule has 0 bridgehead atoms. The van der Waals surface area contributed by atoms with Gasteiger partial charge < -0.3 is 9.84 Å². The molecule has 2 aromatic rings. The molecule has 6 heteroatoms. The van der Waals surface area contributed by atoms with Gasteiger partial charge in [0.05, 0.1) is 17.9 Å². The zero-order valence-electron chi connectivity index (χ0n) is 11.3. The van der Waals surface area contributed by atoms with E-state index in [0.717, 1.165) is 12.1 Å². The lowest BCUT2D eigenvalue weighted by Gasteiger charge is -2.15. The van der Waals surface area contributed by atoms with Gasteiger partial charge in [0.15, 0.2) is 0 Å². The Balaban J connectivity index is 2.30. The van der Waals surface area contributed by atoms with Gasteiger partial charge in [0, 0.05) is 11.8 Å². The van der Waals surface area contributed by atoms with Crippen LogP contribution in [0.3, 0.4) is 0 Å². The van der Waals surface area contributed by atoms with Crippen LogP contribution in [0.5, 0.6) is 5.75 Å². The van der Waals surface area contributed by atoms with E-state index in [9.17, 15) is 18.3 Å². The summed E-state index contributed by atoms with van der Waals surface area (Å²) in [6.07, 6.45) is -4.88. The number of aliphatic hydroxyl groups is 1. The Hall–Kier alpha value is -2.08. The first-order valence-electron chi connectivity index (χ1n) is 6.36. The molecule has 1 N–H and O–H groups in total. The van der Waals surface area contributed by atoms with E-state index in [1.807, 2.05) is 0 Å². The average Bonchev–Trinajstić information content (AvgIpc) is 2.47. The van der Waals surface area contributed by atoms with Gasteiger partial charge >= 0.3 is 6.18 Å². The highest BCUT2D eigenvalue weighted by Crippen LogP contribution is 2.32. The normalized spacial score (nSPS) is 13.0. The first-order chi connectivity index (χ1) is 9.93. The molecule has 1 aromatic carbocycles. The van der Waals surface area contributed by atoms with Crippen molar-refractivity contribution in [2.24, 2.45) is 0 Å². The van der Waals surface area contributed by atoms with Crippen molar-refractivity contribution < 1.29 is 23.0 Å². The number of rotatable bonds is 4. The second-order valence-electron chi connectivity index (χ2n) is 4.34. The number of alkyl halides is 3. The number of halogens is 3. The van der Waals surface area contributed by atoms with Crippen molar-refractivity contribution >= 4 is 0 Å². The molecule has 3 nitrogen and oxygen atoms in total. The summed E-state index contributed by atoms with van der Waals surface area (Å²) in [6.45, 7) is 2.23. The summed E-state index contributed by atoms with van der Waals surface area (Å²) in [5.74, 6) is 0.481. The van der Waals surface area contributed by atoms with E-state index < -0.39 is 17.8 Å². The number of pyridine rings is 1. The van der Waals surface area contributed by atoms with Crippen LogP contribution >= 0.6 is 0 Å². The predicted molar refractivity (Wildman–Crippen MR) is 70.9 cm³/mol. The molecular weight excluding hydrogens is 283 g/mol. The fraction of sp³-hybridized carbons (Fsp3) is 0.267. The minimum absolute atomic E-state index is 0.134. The second-order valence-corrected chi connectivity index (χ2v) is 4.34. The van der Waals surface area contributed by atoms with Gasteiger partial charge in [0.25, 0.3) is 0 Å². The number of hydrogen-bond acceptors (Lipinski definition) is 3. The van der Waals surface area contributed by atoms with Crippen LogP contribution in [-0.4, -0.2) is 16.7 Å². The van der Waals surface area contributed by atoms with Crippen molar-refractivity contribution in [2.75, 3.05) is 6.61 Å². The van der Waals surface area contributed by atoms with Gasteiger partial charge in [-0.25, -0.2) is 0 Å². The standard InChI is InChI=1S/C15H14F3NO2/c1-2-21-13-6-4-3-5-11(13)14(20)12-8-7-10(9-19-12)15(16,17)18/h3-9,14,20H,2H2,1H3. The van der Waals surface area contributed by atoms with E-state index in [1.165, 1.54) is 0 Å². The highest BCUT2D eigenvalue weighted by Gasteiger charge is 2.31. The van der Waals surface area contributed by atoms with E-state index in [1.54, 1.807) is 31.2 Å². The molecule has 0 radical (unpaired) electrons. The molecule has 112 valence electrons. The van der Waals surface area contributed by atoms with Gasteiger partial charge in [-0.3, -0.25) is 4.98 Å². The molecule has 1 heterocycles. The number of aliphatic hydroxyl groups excluding tert-OH is 1. The minimum atomic E-state index is -4.44. The van der Waals surface area contributed by atoms with Crippen molar-refractivity contribution in [3.63, 3.8) is 0 Å². The minimum Gasteiger partial charge on any atom is -0.493 e.